The van der Waals surface area contributed by atoms with Gasteiger partial charge in [-0.1, -0.05) is 12.5 Å². The molecule has 3 rings (SSSR count). The summed E-state index contributed by atoms with van der Waals surface area (Å²) in [5, 5.41) is 18.3. The molecular formula is C20H32IN7O. The molecule has 2 atom stereocenters. The van der Waals surface area contributed by atoms with E-state index in [2.05, 4.69) is 31.1 Å². The number of hydrogen-bond acceptors (Lipinski definition) is 4. The van der Waals surface area contributed by atoms with Crippen LogP contribution in [0.5, 0.6) is 0 Å². The van der Waals surface area contributed by atoms with Crippen molar-refractivity contribution in [3.63, 3.8) is 0 Å². The summed E-state index contributed by atoms with van der Waals surface area (Å²) >= 11 is 0. The Morgan fingerprint density at radius 2 is 2.14 bits per heavy atom. The third-order valence-corrected chi connectivity index (χ3v) is 5.07. The molecule has 0 bridgehead atoms. The summed E-state index contributed by atoms with van der Waals surface area (Å²) in [6.07, 6.45) is 6.63. The van der Waals surface area contributed by atoms with Gasteiger partial charge in [-0.25, -0.2) is 0 Å². The smallest absolute Gasteiger partial charge is 0.223 e. The molecule has 9 heteroatoms. The zero-order valence-corrected chi connectivity index (χ0v) is 19.7. The number of fused-ring (bicyclic) bond motifs is 1. The summed E-state index contributed by atoms with van der Waals surface area (Å²) < 4.78 is 2.00. The highest BCUT2D eigenvalue weighted by Crippen LogP contribution is 2.24. The number of pyridine rings is 1. The molecule has 8 nitrogen and oxygen atoms in total. The Bertz CT molecular complexity index is 820. The minimum Gasteiger partial charge on any atom is -0.356 e. The monoisotopic (exact) mass is 513 g/mol. The number of rotatable bonds is 6. The van der Waals surface area contributed by atoms with Crippen LogP contribution >= 0.6 is 24.0 Å². The number of aromatic nitrogens is 3. The molecular weight excluding hydrogens is 481 g/mol. The first-order chi connectivity index (χ1) is 13.6. The van der Waals surface area contributed by atoms with E-state index < -0.39 is 0 Å². The number of hydrogen-bond donors (Lipinski definition) is 3. The largest absolute Gasteiger partial charge is 0.356 e. The molecule has 1 amide bonds. The third-order valence-electron chi connectivity index (χ3n) is 5.07. The summed E-state index contributed by atoms with van der Waals surface area (Å²) in [6.45, 7) is 4.71. The van der Waals surface area contributed by atoms with E-state index in [-0.39, 0.29) is 47.9 Å². The van der Waals surface area contributed by atoms with E-state index in [1.165, 1.54) is 0 Å². The van der Waals surface area contributed by atoms with Gasteiger partial charge in [-0.2, -0.15) is 0 Å². The van der Waals surface area contributed by atoms with Crippen LogP contribution in [0, 0.1) is 5.92 Å². The maximum Gasteiger partial charge on any atom is 0.223 e. The van der Waals surface area contributed by atoms with Gasteiger partial charge in [-0.3, -0.25) is 14.2 Å². The van der Waals surface area contributed by atoms with Gasteiger partial charge in [0.25, 0.3) is 0 Å². The quantitative estimate of drug-likeness (QED) is 0.313. The van der Waals surface area contributed by atoms with Crippen molar-refractivity contribution >= 4 is 41.5 Å². The predicted octanol–water partition coefficient (Wildman–Crippen LogP) is 2.14. The van der Waals surface area contributed by atoms with Crippen LogP contribution in [0.1, 0.15) is 45.4 Å². The number of amides is 1. The molecule has 2 aromatic rings. The minimum absolute atomic E-state index is 0. The van der Waals surface area contributed by atoms with Gasteiger partial charge in [0.15, 0.2) is 11.6 Å². The molecule has 2 heterocycles. The molecule has 0 spiro atoms. The van der Waals surface area contributed by atoms with Crippen LogP contribution < -0.4 is 16.0 Å². The van der Waals surface area contributed by atoms with Crippen molar-refractivity contribution in [1.29, 1.82) is 0 Å². The van der Waals surface area contributed by atoms with Crippen LogP contribution in [0.15, 0.2) is 29.4 Å². The Kier molecular flexibility index (Phi) is 9.12. The first-order valence-corrected chi connectivity index (χ1v) is 10.1. The summed E-state index contributed by atoms with van der Waals surface area (Å²) in [7, 11) is 1.77. The number of carbonyl (C=O) groups excluding carboxylic acids is 1. The van der Waals surface area contributed by atoms with E-state index >= 15 is 0 Å². The summed E-state index contributed by atoms with van der Waals surface area (Å²) in [4.78, 5) is 16.7. The lowest BCUT2D eigenvalue weighted by Gasteiger charge is -2.30. The highest BCUT2D eigenvalue weighted by Gasteiger charge is 2.27. The van der Waals surface area contributed by atoms with Crippen LogP contribution in [-0.4, -0.2) is 52.1 Å². The highest BCUT2D eigenvalue weighted by molar-refractivity contribution is 14.0. The number of nitrogens with zero attached hydrogens (tertiary/aromatic N) is 4. The van der Waals surface area contributed by atoms with Gasteiger partial charge in [-0.05, 0) is 45.2 Å². The average molecular weight is 513 g/mol. The molecule has 0 saturated heterocycles. The zero-order chi connectivity index (χ0) is 19.9. The van der Waals surface area contributed by atoms with Crippen LogP contribution in [0.3, 0.4) is 0 Å². The van der Waals surface area contributed by atoms with Crippen molar-refractivity contribution in [2.75, 3.05) is 13.6 Å². The van der Waals surface area contributed by atoms with Crippen LogP contribution in [0.4, 0.5) is 0 Å². The van der Waals surface area contributed by atoms with Gasteiger partial charge < -0.3 is 16.0 Å². The number of carbonyl (C=O) groups is 1. The Morgan fingerprint density at radius 3 is 2.90 bits per heavy atom. The highest BCUT2D eigenvalue weighted by atomic mass is 127. The van der Waals surface area contributed by atoms with Crippen LogP contribution in [0.2, 0.25) is 0 Å². The van der Waals surface area contributed by atoms with Crippen molar-refractivity contribution in [3.05, 3.63) is 30.2 Å². The molecule has 0 aromatic carbocycles. The first-order valence-electron chi connectivity index (χ1n) is 10.1. The van der Waals surface area contributed by atoms with Gasteiger partial charge in [-0.15, -0.1) is 34.2 Å². The molecule has 1 aliphatic carbocycles. The topological polar surface area (TPSA) is 95.7 Å². The van der Waals surface area contributed by atoms with E-state index in [0.29, 0.717) is 6.54 Å². The molecule has 3 N–H and O–H groups in total. The molecule has 1 aliphatic rings. The molecule has 2 aromatic heterocycles. The van der Waals surface area contributed by atoms with Crippen molar-refractivity contribution in [1.82, 2.24) is 30.5 Å². The van der Waals surface area contributed by atoms with E-state index in [0.717, 1.165) is 49.5 Å². The molecule has 1 saturated carbocycles. The van der Waals surface area contributed by atoms with Crippen molar-refractivity contribution < 1.29 is 4.79 Å². The molecule has 0 radical (unpaired) electrons. The summed E-state index contributed by atoms with van der Waals surface area (Å²) in [6, 6.07) is 6.32. The molecule has 2 unspecified atom stereocenters. The zero-order valence-electron chi connectivity index (χ0n) is 17.4. The van der Waals surface area contributed by atoms with E-state index in [9.17, 15) is 4.79 Å². The number of aliphatic imine (C=N–C) groups is 1. The Labute approximate surface area is 189 Å². The van der Waals surface area contributed by atoms with E-state index in [4.69, 9.17) is 0 Å². The number of nitrogens with one attached hydrogen (secondary N) is 3. The maximum absolute atomic E-state index is 12.3. The number of halogens is 1. The average Bonchev–Trinajstić information content (AvgIpc) is 3.10. The second-order valence-corrected chi connectivity index (χ2v) is 7.66. The molecule has 160 valence electrons. The van der Waals surface area contributed by atoms with Gasteiger partial charge >= 0.3 is 0 Å². The second-order valence-electron chi connectivity index (χ2n) is 7.66. The number of guanidine groups is 1. The van der Waals surface area contributed by atoms with Gasteiger partial charge in [0.05, 0.1) is 0 Å². The fourth-order valence-corrected chi connectivity index (χ4v) is 3.70. The summed E-state index contributed by atoms with van der Waals surface area (Å²) in [5.41, 5.74) is 0.855. The first kappa shape index (κ1) is 23.4. The Balaban J connectivity index is 0.00000300. The van der Waals surface area contributed by atoms with Gasteiger partial charge in [0, 0.05) is 44.2 Å². The summed E-state index contributed by atoms with van der Waals surface area (Å²) in [5.74, 6) is 1.93. The van der Waals surface area contributed by atoms with E-state index in [1.807, 2.05) is 42.6 Å². The second kappa shape index (κ2) is 11.3. The fourth-order valence-electron chi connectivity index (χ4n) is 3.70. The minimum atomic E-state index is 0. The molecule has 0 aliphatic heterocycles. The molecule has 29 heavy (non-hydrogen) atoms. The van der Waals surface area contributed by atoms with E-state index in [1.54, 1.807) is 7.05 Å². The lowest BCUT2D eigenvalue weighted by atomic mass is 9.85. The van der Waals surface area contributed by atoms with Crippen LogP contribution in [-0.2, 0) is 11.2 Å². The lowest BCUT2D eigenvalue weighted by molar-refractivity contribution is -0.126. The standard InChI is InChI=1S/C20H31N7O.HI/c1-14(2)23-19(28)15-7-6-8-16(13-15)24-20(21-3)22-11-10-18-26-25-17-9-4-5-12-27(17)18;/h4-5,9,12,14-16H,6-8,10-11,13H2,1-3H3,(H,23,28)(H2,21,22,24);1H. The van der Waals surface area contributed by atoms with Crippen LogP contribution in [0.25, 0.3) is 5.65 Å². The van der Waals surface area contributed by atoms with Crippen molar-refractivity contribution in [3.8, 4) is 0 Å². The van der Waals surface area contributed by atoms with Gasteiger partial charge in [0.2, 0.25) is 5.91 Å². The predicted molar refractivity (Wildman–Crippen MR) is 126 cm³/mol. The molecule has 1 fully saturated rings. The van der Waals surface area contributed by atoms with Gasteiger partial charge in [0.1, 0.15) is 5.82 Å². The fraction of sp³-hybridized carbons (Fsp3) is 0.600. The van der Waals surface area contributed by atoms with Crippen molar-refractivity contribution in [2.24, 2.45) is 10.9 Å². The van der Waals surface area contributed by atoms with Crippen molar-refractivity contribution in [2.45, 2.75) is 58.0 Å². The Hall–Kier alpha value is -1.91. The normalized spacial score (nSPS) is 19.7. The SMILES string of the molecule is CN=C(NCCc1nnc2ccccn12)NC1CCCC(C(=O)NC(C)C)C1.I. The maximum atomic E-state index is 12.3. The third kappa shape index (κ3) is 6.55. The Morgan fingerprint density at radius 1 is 1.31 bits per heavy atom. The lowest BCUT2D eigenvalue weighted by Crippen LogP contribution is -2.48.